The second kappa shape index (κ2) is 13.6. The third kappa shape index (κ3) is 7.69. The SMILES string of the molecule is COCC(=O)NCCC1(C(=O)N[C@@H](Cc2ccc(NC(=O)c3c(Cl)cccc3Cl)cc2)C(=O)O)CCCC1. The number of anilines is 1. The van der Waals surface area contributed by atoms with Crippen LogP contribution in [0.4, 0.5) is 5.69 Å². The molecule has 0 radical (unpaired) electrons. The van der Waals surface area contributed by atoms with Crippen molar-refractivity contribution in [2.45, 2.75) is 44.6 Å². The van der Waals surface area contributed by atoms with Gasteiger partial charge in [0.25, 0.3) is 5.91 Å². The quantitative estimate of drug-likeness (QED) is 0.307. The average molecular weight is 564 g/mol. The number of halogens is 2. The topological polar surface area (TPSA) is 134 Å². The maximum atomic E-state index is 13.3. The Balaban J connectivity index is 1.62. The van der Waals surface area contributed by atoms with E-state index in [4.69, 9.17) is 27.9 Å². The molecule has 3 rings (SSSR count). The van der Waals surface area contributed by atoms with Gasteiger partial charge in [-0.1, -0.05) is 54.2 Å². The molecule has 4 N–H and O–H groups in total. The smallest absolute Gasteiger partial charge is 0.326 e. The lowest BCUT2D eigenvalue weighted by atomic mass is 9.81. The van der Waals surface area contributed by atoms with Gasteiger partial charge in [-0.05, 0) is 49.1 Å². The molecule has 9 nitrogen and oxygen atoms in total. The molecule has 0 unspecified atom stereocenters. The molecule has 1 saturated carbocycles. The Bertz CT molecular complexity index is 1150. The summed E-state index contributed by atoms with van der Waals surface area (Å²) in [6.45, 7) is 0.246. The molecule has 1 aliphatic carbocycles. The molecule has 1 aliphatic rings. The summed E-state index contributed by atoms with van der Waals surface area (Å²) in [5.74, 6) is -2.20. The first kappa shape index (κ1) is 29.4. The first-order chi connectivity index (χ1) is 18.1. The summed E-state index contributed by atoms with van der Waals surface area (Å²) < 4.78 is 4.80. The largest absolute Gasteiger partial charge is 0.480 e. The van der Waals surface area contributed by atoms with E-state index in [9.17, 15) is 24.3 Å². The van der Waals surface area contributed by atoms with E-state index in [1.807, 2.05) is 0 Å². The zero-order chi connectivity index (χ0) is 27.7. The van der Waals surface area contributed by atoms with Crippen LogP contribution in [-0.4, -0.2) is 55.1 Å². The molecule has 204 valence electrons. The monoisotopic (exact) mass is 563 g/mol. The van der Waals surface area contributed by atoms with E-state index in [-0.39, 0.29) is 40.5 Å². The Labute approximate surface area is 231 Å². The summed E-state index contributed by atoms with van der Waals surface area (Å²) in [5, 5.41) is 18.4. The van der Waals surface area contributed by atoms with Crippen LogP contribution in [0.25, 0.3) is 0 Å². The molecule has 3 amide bonds. The van der Waals surface area contributed by atoms with Crippen LogP contribution in [0.2, 0.25) is 10.0 Å². The van der Waals surface area contributed by atoms with Crippen molar-refractivity contribution in [3.63, 3.8) is 0 Å². The first-order valence-corrected chi connectivity index (χ1v) is 13.0. The first-order valence-electron chi connectivity index (χ1n) is 12.3. The molecular weight excluding hydrogens is 533 g/mol. The Morgan fingerprint density at radius 1 is 1.03 bits per heavy atom. The van der Waals surface area contributed by atoms with Crippen LogP contribution >= 0.6 is 23.2 Å². The third-order valence-corrected chi connectivity index (χ3v) is 7.32. The highest BCUT2D eigenvalue weighted by Crippen LogP contribution is 2.41. The summed E-state index contributed by atoms with van der Waals surface area (Å²) in [7, 11) is 1.43. The van der Waals surface area contributed by atoms with E-state index in [0.717, 1.165) is 12.8 Å². The molecule has 0 spiro atoms. The number of methoxy groups -OCH3 is 1. The Hall–Kier alpha value is -3.14. The van der Waals surface area contributed by atoms with Gasteiger partial charge in [0.15, 0.2) is 0 Å². The lowest BCUT2D eigenvalue weighted by Crippen LogP contribution is -2.49. The van der Waals surface area contributed by atoms with Gasteiger partial charge in [0.05, 0.1) is 21.0 Å². The maximum Gasteiger partial charge on any atom is 0.326 e. The fourth-order valence-corrected chi connectivity index (χ4v) is 5.21. The molecule has 0 bridgehead atoms. The molecule has 38 heavy (non-hydrogen) atoms. The zero-order valence-electron chi connectivity index (χ0n) is 21.0. The van der Waals surface area contributed by atoms with Crippen molar-refractivity contribution < 1.29 is 29.0 Å². The van der Waals surface area contributed by atoms with Crippen molar-refractivity contribution >= 4 is 52.6 Å². The highest BCUT2D eigenvalue weighted by atomic mass is 35.5. The standard InChI is InChI=1S/C27H31Cl2N3O6/c1-38-16-22(33)30-14-13-27(11-2-3-12-27)26(37)32-21(25(35)36)15-17-7-9-18(10-8-17)31-24(34)23-19(28)5-4-6-20(23)29/h4-10,21H,2-3,11-16H2,1H3,(H,30,33)(H,31,34)(H,32,37)(H,35,36)/t21-/m0/s1. The molecular formula is C27H31Cl2N3O6. The van der Waals surface area contributed by atoms with Gasteiger partial charge in [-0.25, -0.2) is 4.79 Å². The van der Waals surface area contributed by atoms with Gasteiger partial charge in [0.1, 0.15) is 12.6 Å². The number of carbonyl (C=O) groups excluding carboxylic acids is 3. The second-order valence-corrected chi connectivity index (χ2v) is 10.2. The molecule has 0 aliphatic heterocycles. The number of hydrogen-bond acceptors (Lipinski definition) is 5. The highest BCUT2D eigenvalue weighted by Gasteiger charge is 2.42. The molecule has 0 aromatic heterocycles. The lowest BCUT2D eigenvalue weighted by molar-refractivity contribution is -0.144. The van der Waals surface area contributed by atoms with Gasteiger partial charge < -0.3 is 25.8 Å². The summed E-state index contributed by atoms with van der Waals surface area (Å²) in [5.41, 5.74) is 0.583. The number of ether oxygens (including phenoxy) is 1. The van der Waals surface area contributed by atoms with Crippen LogP contribution in [0.3, 0.4) is 0 Å². The van der Waals surface area contributed by atoms with E-state index >= 15 is 0 Å². The van der Waals surface area contributed by atoms with Crippen molar-refractivity contribution in [2.24, 2.45) is 5.41 Å². The van der Waals surface area contributed by atoms with Crippen LogP contribution in [0, 0.1) is 5.41 Å². The number of carbonyl (C=O) groups is 4. The molecule has 1 atom stereocenters. The van der Waals surface area contributed by atoms with Crippen molar-refractivity contribution in [3.05, 3.63) is 63.6 Å². The maximum absolute atomic E-state index is 13.3. The van der Waals surface area contributed by atoms with E-state index in [2.05, 4.69) is 16.0 Å². The Morgan fingerprint density at radius 3 is 2.24 bits per heavy atom. The van der Waals surface area contributed by atoms with Crippen LogP contribution in [-0.2, 0) is 25.5 Å². The third-order valence-electron chi connectivity index (χ3n) is 6.69. The molecule has 0 saturated heterocycles. The van der Waals surface area contributed by atoms with Crippen molar-refractivity contribution in [1.29, 1.82) is 0 Å². The molecule has 11 heteroatoms. The van der Waals surface area contributed by atoms with Gasteiger partial charge >= 0.3 is 5.97 Å². The number of rotatable bonds is 12. The number of nitrogens with one attached hydrogen (secondary N) is 3. The van der Waals surface area contributed by atoms with Gasteiger partial charge in [-0.3, -0.25) is 14.4 Å². The second-order valence-electron chi connectivity index (χ2n) is 9.34. The Morgan fingerprint density at radius 2 is 1.66 bits per heavy atom. The minimum Gasteiger partial charge on any atom is -0.480 e. The fraction of sp³-hybridized carbons (Fsp3) is 0.407. The van der Waals surface area contributed by atoms with Gasteiger partial charge in [-0.2, -0.15) is 0 Å². The Kier molecular flexibility index (Phi) is 10.5. The van der Waals surface area contributed by atoms with Gasteiger partial charge in [-0.15, -0.1) is 0 Å². The normalized spacial score (nSPS) is 14.9. The summed E-state index contributed by atoms with van der Waals surface area (Å²) >= 11 is 12.2. The zero-order valence-corrected chi connectivity index (χ0v) is 22.5. The lowest BCUT2D eigenvalue weighted by Gasteiger charge is -2.29. The van der Waals surface area contributed by atoms with Gasteiger partial charge in [0, 0.05) is 25.8 Å². The molecule has 2 aromatic rings. The fourth-order valence-electron chi connectivity index (χ4n) is 4.65. The predicted octanol–water partition coefficient (Wildman–Crippen LogP) is 4.07. The van der Waals surface area contributed by atoms with Crippen molar-refractivity contribution in [2.75, 3.05) is 25.6 Å². The van der Waals surface area contributed by atoms with E-state index in [1.54, 1.807) is 42.5 Å². The summed E-state index contributed by atoms with van der Waals surface area (Å²) in [4.78, 5) is 49.5. The number of aliphatic carboxylic acids is 1. The summed E-state index contributed by atoms with van der Waals surface area (Å²) in [6.07, 6.45) is 3.48. The number of hydrogen-bond donors (Lipinski definition) is 4. The average Bonchev–Trinajstić information content (AvgIpc) is 3.35. The molecule has 1 fully saturated rings. The highest BCUT2D eigenvalue weighted by molar-refractivity contribution is 6.40. The van der Waals surface area contributed by atoms with Gasteiger partial charge in [0.2, 0.25) is 11.8 Å². The van der Waals surface area contributed by atoms with E-state index in [1.165, 1.54) is 7.11 Å². The minimum atomic E-state index is -1.15. The van der Waals surface area contributed by atoms with Crippen molar-refractivity contribution in [3.8, 4) is 0 Å². The number of carboxylic acid groups (broad SMARTS) is 1. The van der Waals surface area contributed by atoms with E-state index in [0.29, 0.717) is 37.1 Å². The minimum absolute atomic E-state index is 0.0590. The molecule has 0 heterocycles. The van der Waals surface area contributed by atoms with Crippen LogP contribution in [0.1, 0.15) is 48.0 Å². The predicted molar refractivity (Wildman–Crippen MR) is 145 cm³/mol. The van der Waals surface area contributed by atoms with Crippen LogP contribution < -0.4 is 16.0 Å². The van der Waals surface area contributed by atoms with Crippen molar-refractivity contribution in [1.82, 2.24) is 10.6 Å². The van der Waals surface area contributed by atoms with Crippen LogP contribution in [0.15, 0.2) is 42.5 Å². The summed E-state index contributed by atoms with van der Waals surface area (Å²) in [6, 6.07) is 10.3. The van der Waals surface area contributed by atoms with Crippen LogP contribution in [0.5, 0.6) is 0 Å². The molecule has 2 aromatic carbocycles. The van der Waals surface area contributed by atoms with E-state index < -0.39 is 23.3 Å². The number of amides is 3. The number of benzene rings is 2. The number of carboxylic acids is 1.